The van der Waals surface area contributed by atoms with Crippen molar-refractivity contribution in [3.05, 3.63) is 29.8 Å². The molecule has 1 aromatic carbocycles. The second kappa shape index (κ2) is 7.74. The Labute approximate surface area is 96.4 Å². The molecule has 0 aliphatic rings. The summed E-state index contributed by atoms with van der Waals surface area (Å²) in [5.74, 6) is 1.12. The molecule has 0 saturated heterocycles. The zero-order valence-corrected chi connectivity index (χ0v) is 10.3. The van der Waals surface area contributed by atoms with E-state index in [0.29, 0.717) is 0 Å². The van der Waals surface area contributed by atoms with Crippen molar-refractivity contribution < 1.29 is 4.74 Å². The van der Waals surface area contributed by atoms with Gasteiger partial charge in [-0.1, -0.05) is 12.1 Å². The Kier molecular flexibility index (Phi) is 6.48. The first kappa shape index (κ1) is 12.6. The van der Waals surface area contributed by atoms with Gasteiger partial charge in [0.1, 0.15) is 0 Å². The molecule has 1 N–H and O–H groups in total. The van der Waals surface area contributed by atoms with Gasteiger partial charge in [0.15, 0.2) is 0 Å². The quantitative estimate of drug-likeness (QED) is 0.569. The lowest BCUT2D eigenvalue weighted by Gasteiger charge is -2.03. The van der Waals surface area contributed by atoms with E-state index in [9.17, 15) is 0 Å². The minimum atomic E-state index is 0.852. The Morgan fingerprint density at radius 2 is 2.00 bits per heavy atom. The van der Waals surface area contributed by atoms with Gasteiger partial charge in [0.25, 0.3) is 0 Å². The number of rotatable bonds is 7. The van der Waals surface area contributed by atoms with Crippen molar-refractivity contribution >= 4 is 11.8 Å². The fraction of sp³-hybridized carbons (Fsp3) is 0.500. The van der Waals surface area contributed by atoms with Gasteiger partial charge in [-0.2, -0.15) is 0 Å². The number of ether oxygens (including phenoxy) is 1. The zero-order chi connectivity index (χ0) is 10.9. The van der Waals surface area contributed by atoms with Crippen LogP contribution in [-0.2, 0) is 11.3 Å². The summed E-state index contributed by atoms with van der Waals surface area (Å²) in [7, 11) is 3.71. The van der Waals surface area contributed by atoms with Gasteiger partial charge in [-0.3, -0.25) is 0 Å². The van der Waals surface area contributed by atoms with E-state index < -0.39 is 0 Å². The molecule has 1 aromatic rings. The molecular formula is C12H19NOS. The number of thioether (sulfide) groups is 1. The van der Waals surface area contributed by atoms with Crippen molar-refractivity contribution in [1.82, 2.24) is 5.32 Å². The third-order valence-corrected chi connectivity index (χ3v) is 3.16. The van der Waals surface area contributed by atoms with Crippen molar-refractivity contribution in [2.24, 2.45) is 0 Å². The molecule has 0 bridgehead atoms. The maximum atomic E-state index is 5.01. The first-order valence-electron chi connectivity index (χ1n) is 5.22. The Morgan fingerprint density at radius 3 is 2.60 bits per heavy atom. The Morgan fingerprint density at radius 1 is 1.27 bits per heavy atom. The van der Waals surface area contributed by atoms with E-state index in [1.54, 1.807) is 7.11 Å². The lowest BCUT2D eigenvalue weighted by Crippen LogP contribution is -2.04. The minimum Gasteiger partial charge on any atom is -0.385 e. The maximum Gasteiger partial charge on any atom is 0.0470 e. The highest BCUT2D eigenvalue weighted by Crippen LogP contribution is 2.19. The molecule has 1 rings (SSSR count). The van der Waals surface area contributed by atoms with Gasteiger partial charge in [-0.05, 0) is 31.2 Å². The summed E-state index contributed by atoms with van der Waals surface area (Å²) in [5.41, 5.74) is 1.33. The second-order valence-electron chi connectivity index (χ2n) is 3.37. The van der Waals surface area contributed by atoms with Crippen LogP contribution in [0.4, 0.5) is 0 Å². The van der Waals surface area contributed by atoms with Crippen LogP contribution in [0.1, 0.15) is 12.0 Å². The summed E-state index contributed by atoms with van der Waals surface area (Å²) >= 11 is 1.89. The number of nitrogens with one attached hydrogen (secondary N) is 1. The molecule has 0 atom stereocenters. The third kappa shape index (κ3) is 5.21. The highest BCUT2D eigenvalue weighted by Gasteiger charge is 1.95. The van der Waals surface area contributed by atoms with Crippen LogP contribution in [0.3, 0.4) is 0 Å². The van der Waals surface area contributed by atoms with Crippen LogP contribution in [0.15, 0.2) is 29.2 Å². The highest BCUT2D eigenvalue weighted by atomic mass is 32.2. The van der Waals surface area contributed by atoms with Crippen molar-refractivity contribution in [2.45, 2.75) is 17.9 Å². The van der Waals surface area contributed by atoms with E-state index in [2.05, 4.69) is 29.6 Å². The monoisotopic (exact) mass is 225 g/mol. The zero-order valence-electron chi connectivity index (χ0n) is 9.45. The van der Waals surface area contributed by atoms with E-state index in [-0.39, 0.29) is 0 Å². The Bertz CT molecular complexity index is 261. The molecular weight excluding hydrogens is 206 g/mol. The lowest BCUT2D eigenvalue weighted by molar-refractivity contribution is 0.200. The number of hydrogen-bond acceptors (Lipinski definition) is 3. The number of benzene rings is 1. The summed E-state index contributed by atoms with van der Waals surface area (Å²) in [6, 6.07) is 8.72. The van der Waals surface area contributed by atoms with Crippen LogP contribution in [0.5, 0.6) is 0 Å². The highest BCUT2D eigenvalue weighted by molar-refractivity contribution is 7.99. The molecule has 0 radical (unpaired) electrons. The Balaban J connectivity index is 2.29. The van der Waals surface area contributed by atoms with Gasteiger partial charge in [-0.15, -0.1) is 11.8 Å². The van der Waals surface area contributed by atoms with Crippen LogP contribution >= 0.6 is 11.8 Å². The first-order chi connectivity index (χ1) is 7.36. The molecule has 84 valence electrons. The smallest absolute Gasteiger partial charge is 0.0470 e. The fourth-order valence-electron chi connectivity index (χ4n) is 1.30. The van der Waals surface area contributed by atoms with Gasteiger partial charge in [0, 0.05) is 30.9 Å². The predicted octanol–water partition coefficient (Wildman–Crippen LogP) is 2.53. The van der Waals surface area contributed by atoms with Crippen molar-refractivity contribution in [2.75, 3.05) is 26.5 Å². The van der Waals surface area contributed by atoms with Crippen LogP contribution in [0.2, 0.25) is 0 Å². The van der Waals surface area contributed by atoms with E-state index in [1.807, 2.05) is 18.8 Å². The first-order valence-corrected chi connectivity index (χ1v) is 6.20. The predicted molar refractivity (Wildman–Crippen MR) is 66.4 cm³/mol. The van der Waals surface area contributed by atoms with Crippen molar-refractivity contribution in [1.29, 1.82) is 0 Å². The molecule has 0 aliphatic carbocycles. The van der Waals surface area contributed by atoms with E-state index in [4.69, 9.17) is 4.74 Å². The topological polar surface area (TPSA) is 21.3 Å². The van der Waals surface area contributed by atoms with Gasteiger partial charge in [0.2, 0.25) is 0 Å². The average molecular weight is 225 g/mol. The summed E-state index contributed by atoms with van der Waals surface area (Å²) in [6.07, 6.45) is 1.11. The van der Waals surface area contributed by atoms with E-state index in [1.165, 1.54) is 10.5 Å². The lowest BCUT2D eigenvalue weighted by atomic mass is 10.2. The van der Waals surface area contributed by atoms with Gasteiger partial charge >= 0.3 is 0 Å². The molecule has 0 saturated carbocycles. The second-order valence-corrected chi connectivity index (χ2v) is 4.54. The van der Waals surface area contributed by atoms with Crippen molar-refractivity contribution in [3.8, 4) is 0 Å². The molecule has 0 unspecified atom stereocenters. The Hall–Kier alpha value is -0.510. The summed E-state index contributed by atoms with van der Waals surface area (Å²) in [5, 5.41) is 3.14. The van der Waals surface area contributed by atoms with Gasteiger partial charge in [-0.25, -0.2) is 0 Å². The minimum absolute atomic E-state index is 0.852. The average Bonchev–Trinajstić information content (AvgIpc) is 2.27. The molecule has 0 amide bonds. The standard InChI is InChI=1S/C12H19NOS/c1-13-10-11-4-6-12(7-5-11)15-9-3-8-14-2/h4-7,13H,3,8-10H2,1-2H3. The summed E-state index contributed by atoms with van der Waals surface area (Å²) in [6.45, 7) is 1.79. The van der Waals surface area contributed by atoms with E-state index >= 15 is 0 Å². The van der Waals surface area contributed by atoms with Gasteiger partial charge in [0.05, 0.1) is 0 Å². The third-order valence-electron chi connectivity index (χ3n) is 2.07. The van der Waals surface area contributed by atoms with Crippen LogP contribution in [0, 0.1) is 0 Å². The van der Waals surface area contributed by atoms with Crippen LogP contribution < -0.4 is 5.32 Å². The number of methoxy groups -OCH3 is 1. The molecule has 0 heterocycles. The molecule has 3 heteroatoms. The molecule has 0 spiro atoms. The molecule has 0 fully saturated rings. The molecule has 0 aromatic heterocycles. The summed E-state index contributed by atoms with van der Waals surface area (Å²) < 4.78 is 5.01. The summed E-state index contributed by atoms with van der Waals surface area (Å²) in [4.78, 5) is 1.34. The van der Waals surface area contributed by atoms with Crippen LogP contribution in [0.25, 0.3) is 0 Å². The SMILES string of the molecule is CNCc1ccc(SCCCOC)cc1. The van der Waals surface area contributed by atoms with Gasteiger partial charge < -0.3 is 10.1 Å². The molecule has 15 heavy (non-hydrogen) atoms. The fourth-order valence-corrected chi connectivity index (χ4v) is 2.13. The molecule has 2 nitrogen and oxygen atoms in total. The van der Waals surface area contributed by atoms with Crippen LogP contribution in [-0.4, -0.2) is 26.5 Å². The normalized spacial score (nSPS) is 10.5. The number of hydrogen-bond donors (Lipinski definition) is 1. The maximum absolute atomic E-state index is 5.01. The van der Waals surface area contributed by atoms with E-state index in [0.717, 1.165) is 25.3 Å². The van der Waals surface area contributed by atoms with Crippen molar-refractivity contribution in [3.63, 3.8) is 0 Å². The largest absolute Gasteiger partial charge is 0.385 e. The molecule has 0 aliphatic heterocycles.